The SMILES string of the molecule is C=CCNC(=O)c1coc(COc2cccc(F)c2F)n1. The number of oxazole rings is 1. The highest BCUT2D eigenvalue weighted by Gasteiger charge is 2.13. The molecule has 1 aromatic carbocycles. The Bertz CT molecular complexity index is 655. The third-order valence-corrected chi connectivity index (χ3v) is 2.46. The van der Waals surface area contributed by atoms with Crippen molar-refractivity contribution in [3.8, 4) is 5.75 Å². The van der Waals surface area contributed by atoms with Crippen LogP contribution in [-0.2, 0) is 6.61 Å². The summed E-state index contributed by atoms with van der Waals surface area (Å²) < 4.78 is 36.4. The lowest BCUT2D eigenvalue weighted by molar-refractivity contribution is 0.0953. The molecule has 0 unspecified atom stereocenters. The fourth-order valence-electron chi connectivity index (χ4n) is 1.47. The maximum absolute atomic E-state index is 13.4. The minimum absolute atomic E-state index is 0.0650. The lowest BCUT2D eigenvalue weighted by Crippen LogP contribution is -2.23. The molecule has 0 atom stereocenters. The van der Waals surface area contributed by atoms with Crippen LogP contribution in [0.25, 0.3) is 0 Å². The van der Waals surface area contributed by atoms with Crippen LogP contribution in [-0.4, -0.2) is 17.4 Å². The van der Waals surface area contributed by atoms with Crippen molar-refractivity contribution in [1.29, 1.82) is 0 Å². The number of hydrogen-bond acceptors (Lipinski definition) is 4. The zero-order chi connectivity index (χ0) is 15.2. The molecule has 2 aromatic rings. The molecule has 0 bridgehead atoms. The molecule has 0 saturated carbocycles. The average Bonchev–Trinajstić information content (AvgIpc) is 2.95. The molecule has 0 fully saturated rings. The van der Waals surface area contributed by atoms with Crippen molar-refractivity contribution >= 4 is 5.91 Å². The van der Waals surface area contributed by atoms with E-state index in [9.17, 15) is 13.6 Å². The third kappa shape index (κ3) is 3.65. The molecule has 1 aromatic heterocycles. The van der Waals surface area contributed by atoms with E-state index in [4.69, 9.17) is 9.15 Å². The van der Waals surface area contributed by atoms with E-state index < -0.39 is 17.5 Å². The number of amides is 1. The van der Waals surface area contributed by atoms with Crippen molar-refractivity contribution in [2.24, 2.45) is 0 Å². The van der Waals surface area contributed by atoms with Gasteiger partial charge in [0.25, 0.3) is 5.91 Å². The molecule has 0 spiro atoms. The predicted octanol–water partition coefficient (Wildman–Crippen LogP) is 2.45. The van der Waals surface area contributed by atoms with Gasteiger partial charge < -0.3 is 14.5 Å². The number of ether oxygens (including phenoxy) is 1. The van der Waals surface area contributed by atoms with Gasteiger partial charge in [-0.1, -0.05) is 12.1 Å². The number of rotatable bonds is 6. The van der Waals surface area contributed by atoms with Crippen LogP contribution in [0.15, 0.2) is 41.5 Å². The third-order valence-electron chi connectivity index (χ3n) is 2.46. The van der Waals surface area contributed by atoms with E-state index >= 15 is 0 Å². The van der Waals surface area contributed by atoms with Gasteiger partial charge in [0.1, 0.15) is 6.26 Å². The van der Waals surface area contributed by atoms with Crippen molar-refractivity contribution in [2.45, 2.75) is 6.61 Å². The van der Waals surface area contributed by atoms with Gasteiger partial charge in [-0.2, -0.15) is 4.39 Å². The molecule has 0 radical (unpaired) electrons. The zero-order valence-electron chi connectivity index (χ0n) is 10.9. The van der Waals surface area contributed by atoms with Gasteiger partial charge in [0.2, 0.25) is 11.7 Å². The minimum atomic E-state index is -1.09. The molecule has 2 rings (SSSR count). The largest absolute Gasteiger partial charge is 0.481 e. The zero-order valence-corrected chi connectivity index (χ0v) is 10.9. The Morgan fingerprint density at radius 2 is 2.29 bits per heavy atom. The molecule has 1 amide bonds. The molecular formula is C14H12F2N2O3. The Hall–Kier alpha value is -2.70. The Balaban J connectivity index is 1.98. The number of aromatic nitrogens is 1. The van der Waals surface area contributed by atoms with E-state index in [1.54, 1.807) is 0 Å². The number of nitrogens with one attached hydrogen (secondary N) is 1. The van der Waals surface area contributed by atoms with Gasteiger partial charge in [-0.3, -0.25) is 4.79 Å². The van der Waals surface area contributed by atoms with E-state index in [1.165, 1.54) is 18.2 Å². The summed E-state index contributed by atoms with van der Waals surface area (Å²) in [6, 6.07) is 3.58. The topological polar surface area (TPSA) is 64.4 Å². The van der Waals surface area contributed by atoms with Crippen molar-refractivity contribution in [2.75, 3.05) is 6.54 Å². The Morgan fingerprint density at radius 1 is 1.48 bits per heavy atom. The quantitative estimate of drug-likeness (QED) is 0.831. The molecule has 1 heterocycles. The molecule has 1 N–H and O–H groups in total. The lowest BCUT2D eigenvalue weighted by Gasteiger charge is -2.04. The Labute approximate surface area is 119 Å². The fraction of sp³-hybridized carbons (Fsp3) is 0.143. The van der Waals surface area contributed by atoms with Gasteiger partial charge in [0, 0.05) is 6.54 Å². The van der Waals surface area contributed by atoms with Gasteiger partial charge in [-0.25, -0.2) is 9.37 Å². The van der Waals surface area contributed by atoms with Crippen LogP contribution in [0.5, 0.6) is 5.75 Å². The maximum atomic E-state index is 13.4. The second-order valence-corrected chi connectivity index (χ2v) is 3.97. The average molecular weight is 294 g/mol. The Morgan fingerprint density at radius 3 is 3.05 bits per heavy atom. The predicted molar refractivity (Wildman–Crippen MR) is 69.7 cm³/mol. The summed E-state index contributed by atoms with van der Waals surface area (Å²) in [5, 5.41) is 2.52. The molecule has 0 saturated heterocycles. The number of nitrogens with zero attached hydrogens (tertiary/aromatic N) is 1. The summed E-state index contributed by atoms with van der Waals surface area (Å²) in [6.07, 6.45) is 2.67. The lowest BCUT2D eigenvalue weighted by atomic mass is 10.3. The summed E-state index contributed by atoms with van der Waals surface area (Å²) in [4.78, 5) is 15.4. The van der Waals surface area contributed by atoms with Gasteiger partial charge in [-0.05, 0) is 12.1 Å². The van der Waals surface area contributed by atoms with Crippen molar-refractivity contribution in [3.05, 3.63) is 60.3 Å². The minimum Gasteiger partial charge on any atom is -0.481 e. The fourth-order valence-corrected chi connectivity index (χ4v) is 1.47. The van der Waals surface area contributed by atoms with E-state index in [0.717, 1.165) is 12.3 Å². The standard InChI is InChI=1S/C14H12F2N2O3/c1-2-6-17-14(19)10-7-21-12(18-10)8-20-11-5-3-4-9(15)13(11)16/h2-5,7H,1,6,8H2,(H,17,19). The molecule has 110 valence electrons. The van der Waals surface area contributed by atoms with E-state index in [-0.39, 0.29) is 23.9 Å². The highest BCUT2D eigenvalue weighted by atomic mass is 19.2. The van der Waals surface area contributed by atoms with E-state index in [1.807, 2.05) is 0 Å². The van der Waals surface area contributed by atoms with Crippen LogP contribution < -0.4 is 10.1 Å². The maximum Gasteiger partial charge on any atom is 0.273 e. The molecule has 5 nitrogen and oxygen atoms in total. The molecule has 7 heteroatoms. The van der Waals surface area contributed by atoms with Gasteiger partial charge in [-0.15, -0.1) is 6.58 Å². The van der Waals surface area contributed by atoms with Crippen LogP contribution >= 0.6 is 0 Å². The number of carbonyl (C=O) groups excluding carboxylic acids is 1. The molecule has 0 aliphatic carbocycles. The molecular weight excluding hydrogens is 282 g/mol. The smallest absolute Gasteiger partial charge is 0.273 e. The number of carbonyl (C=O) groups is 1. The van der Waals surface area contributed by atoms with Gasteiger partial charge in [0.05, 0.1) is 0 Å². The van der Waals surface area contributed by atoms with Crippen molar-refractivity contribution in [3.63, 3.8) is 0 Å². The molecule has 0 aliphatic rings. The highest BCUT2D eigenvalue weighted by Crippen LogP contribution is 2.20. The van der Waals surface area contributed by atoms with Gasteiger partial charge >= 0.3 is 0 Å². The highest BCUT2D eigenvalue weighted by molar-refractivity contribution is 5.91. The molecule has 0 aliphatic heterocycles. The summed E-state index contributed by atoms with van der Waals surface area (Å²) >= 11 is 0. The van der Waals surface area contributed by atoms with Gasteiger partial charge in [0.15, 0.2) is 23.9 Å². The van der Waals surface area contributed by atoms with E-state index in [0.29, 0.717) is 6.54 Å². The van der Waals surface area contributed by atoms with Crippen LogP contribution in [0.2, 0.25) is 0 Å². The second-order valence-electron chi connectivity index (χ2n) is 3.97. The van der Waals surface area contributed by atoms with Crippen LogP contribution in [0.1, 0.15) is 16.4 Å². The van der Waals surface area contributed by atoms with Crippen LogP contribution in [0.4, 0.5) is 8.78 Å². The number of hydrogen-bond donors (Lipinski definition) is 1. The monoisotopic (exact) mass is 294 g/mol. The first-order valence-corrected chi connectivity index (χ1v) is 6.02. The second kappa shape index (κ2) is 6.65. The number of benzene rings is 1. The van der Waals surface area contributed by atoms with Crippen LogP contribution in [0, 0.1) is 11.6 Å². The first-order valence-electron chi connectivity index (χ1n) is 6.02. The summed E-state index contributed by atoms with van der Waals surface area (Å²) in [7, 11) is 0. The van der Waals surface area contributed by atoms with Crippen molar-refractivity contribution < 1.29 is 22.7 Å². The Kier molecular flexibility index (Phi) is 4.65. The summed E-state index contributed by atoms with van der Waals surface area (Å²) in [6.45, 7) is 3.54. The summed E-state index contributed by atoms with van der Waals surface area (Å²) in [5.74, 6) is -2.72. The first-order chi connectivity index (χ1) is 10.1. The summed E-state index contributed by atoms with van der Waals surface area (Å²) in [5.41, 5.74) is 0.0650. The van der Waals surface area contributed by atoms with E-state index in [2.05, 4.69) is 16.9 Å². The first kappa shape index (κ1) is 14.7. The van der Waals surface area contributed by atoms with Crippen molar-refractivity contribution in [1.82, 2.24) is 10.3 Å². The number of halogens is 2. The normalized spacial score (nSPS) is 10.2. The molecule has 21 heavy (non-hydrogen) atoms. The van der Waals surface area contributed by atoms with Crippen LogP contribution in [0.3, 0.4) is 0 Å².